The van der Waals surface area contributed by atoms with E-state index in [1.165, 1.54) is 0 Å². The second kappa shape index (κ2) is 9.12. The van der Waals surface area contributed by atoms with Crippen molar-refractivity contribution in [1.29, 1.82) is 0 Å². The third kappa shape index (κ3) is 6.11. The molecule has 3 aromatic carbocycles. The van der Waals surface area contributed by atoms with Gasteiger partial charge in [-0.1, -0.05) is 54.6 Å². The van der Waals surface area contributed by atoms with E-state index < -0.39 is 0 Å². The van der Waals surface area contributed by atoms with Crippen LogP contribution in [0.5, 0.6) is 0 Å². The summed E-state index contributed by atoms with van der Waals surface area (Å²) < 4.78 is 0. The molecule has 0 heterocycles. The van der Waals surface area contributed by atoms with Gasteiger partial charge in [-0.05, 0) is 36.4 Å². The summed E-state index contributed by atoms with van der Waals surface area (Å²) in [6.07, 6.45) is 0. The number of rotatable bonds is 4. The zero-order chi connectivity index (χ0) is 16.3. The molecule has 0 radical (unpaired) electrons. The van der Waals surface area contributed by atoms with Crippen LogP contribution >= 0.6 is 0 Å². The summed E-state index contributed by atoms with van der Waals surface area (Å²) >= 11 is 0. The second-order valence-corrected chi connectivity index (χ2v) is 4.93. The SMILES string of the molecule is CN(N)c1ccccc1.c1ccc(NNc2ccccc2)cc1. The van der Waals surface area contributed by atoms with Crippen LogP contribution in [-0.4, -0.2) is 7.05 Å². The van der Waals surface area contributed by atoms with E-state index in [4.69, 9.17) is 5.84 Å². The van der Waals surface area contributed by atoms with Gasteiger partial charge < -0.3 is 15.9 Å². The number of hydrogen-bond acceptors (Lipinski definition) is 4. The zero-order valence-electron chi connectivity index (χ0n) is 13.2. The van der Waals surface area contributed by atoms with E-state index in [9.17, 15) is 0 Å². The van der Waals surface area contributed by atoms with Gasteiger partial charge in [-0.3, -0.25) is 0 Å². The zero-order valence-corrected chi connectivity index (χ0v) is 13.2. The van der Waals surface area contributed by atoms with Crippen LogP contribution in [0.1, 0.15) is 0 Å². The fourth-order valence-electron chi connectivity index (χ4n) is 1.85. The monoisotopic (exact) mass is 306 g/mol. The molecule has 4 nitrogen and oxygen atoms in total. The lowest BCUT2D eigenvalue weighted by molar-refractivity contribution is 1.02. The van der Waals surface area contributed by atoms with Crippen molar-refractivity contribution in [2.45, 2.75) is 0 Å². The molecule has 0 aliphatic heterocycles. The Morgan fingerprint density at radius 3 is 1.26 bits per heavy atom. The van der Waals surface area contributed by atoms with Gasteiger partial charge in [0, 0.05) is 7.05 Å². The van der Waals surface area contributed by atoms with Gasteiger partial charge in [0.25, 0.3) is 0 Å². The molecule has 4 N–H and O–H groups in total. The van der Waals surface area contributed by atoms with Gasteiger partial charge in [0.15, 0.2) is 0 Å². The fraction of sp³-hybridized carbons (Fsp3) is 0.0526. The Morgan fingerprint density at radius 1 is 0.609 bits per heavy atom. The number of nitrogens with zero attached hydrogens (tertiary/aromatic N) is 1. The van der Waals surface area contributed by atoms with E-state index in [0.29, 0.717) is 0 Å². The van der Waals surface area contributed by atoms with Crippen molar-refractivity contribution in [3.8, 4) is 0 Å². The number of hydrogen-bond donors (Lipinski definition) is 3. The van der Waals surface area contributed by atoms with Crippen LogP contribution in [0.15, 0.2) is 91.0 Å². The number of hydrazine groups is 2. The largest absolute Gasteiger partial charge is 0.314 e. The number of anilines is 3. The molecule has 4 heteroatoms. The van der Waals surface area contributed by atoms with E-state index in [0.717, 1.165) is 17.1 Å². The Kier molecular flexibility index (Phi) is 6.50. The molecule has 0 spiro atoms. The Labute approximate surface area is 137 Å². The lowest BCUT2D eigenvalue weighted by Gasteiger charge is -2.09. The molecule has 0 atom stereocenters. The van der Waals surface area contributed by atoms with Gasteiger partial charge in [0.1, 0.15) is 0 Å². The smallest absolute Gasteiger partial charge is 0.0539 e. The quantitative estimate of drug-likeness (QED) is 0.501. The number of benzene rings is 3. The van der Waals surface area contributed by atoms with Gasteiger partial charge in [-0.25, -0.2) is 5.84 Å². The minimum absolute atomic E-state index is 1.03. The summed E-state index contributed by atoms with van der Waals surface area (Å²) in [6, 6.07) is 29.8. The predicted molar refractivity (Wildman–Crippen MR) is 99.2 cm³/mol. The van der Waals surface area contributed by atoms with E-state index in [-0.39, 0.29) is 0 Å². The number of nitrogens with two attached hydrogens (primary N) is 1. The molecule has 0 unspecified atom stereocenters. The van der Waals surface area contributed by atoms with Crippen molar-refractivity contribution in [1.82, 2.24) is 0 Å². The third-order valence-corrected chi connectivity index (χ3v) is 3.06. The lowest BCUT2D eigenvalue weighted by atomic mass is 10.3. The summed E-state index contributed by atoms with van der Waals surface area (Å²) in [4.78, 5) is 0. The average Bonchev–Trinajstić information content (AvgIpc) is 2.63. The fourth-order valence-corrected chi connectivity index (χ4v) is 1.85. The summed E-state index contributed by atoms with van der Waals surface area (Å²) in [7, 11) is 1.81. The van der Waals surface area contributed by atoms with Crippen LogP contribution in [0, 0.1) is 0 Å². The average molecular weight is 306 g/mol. The van der Waals surface area contributed by atoms with Gasteiger partial charge in [0.05, 0.1) is 17.1 Å². The van der Waals surface area contributed by atoms with Gasteiger partial charge >= 0.3 is 0 Å². The normalized spacial score (nSPS) is 9.30. The summed E-state index contributed by atoms with van der Waals surface area (Å²) in [5.41, 5.74) is 9.35. The minimum atomic E-state index is 1.03. The van der Waals surface area contributed by atoms with Crippen LogP contribution in [0.25, 0.3) is 0 Å². The maximum atomic E-state index is 5.45. The third-order valence-electron chi connectivity index (χ3n) is 3.06. The molecule has 0 aromatic heterocycles. The standard InChI is InChI=1S/C12H12N2.C7H10N2/c1-3-7-11(8-4-1)13-14-12-9-5-2-6-10-12;1-9(8)7-5-3-2-4-6-7/h1-10,13-14H;2-6H,8H2,1H3. The molecular formula is C19H22N4. The molecule has 0 saturated heterocycles. The van der Waals surface area contributed by atoms with E-state index in [2.05, 4.69) is 10.9 Å². The highest BCUT2D eigenvalue weighted by Crippen LogP contribution is 2.08. The van der Waals surface area contributed by atoms with Crippen LogP contribution in [0.3, 0.4) is 0 Å². The summed E-state index contributed by atoms with van der Waals surface area (Å²) in [5.74, 6) is 5.45. The number of para-hydroxylation sites is 3. The highest BCUT2D eigenvalue weighted by atomic mass is 15.4. The maximum absolute atomic E-state index is 5.45. The molecule has 23 heavy (non-hydrogen) atoms. The molecule has 3 aromatic rings. The molecule has 118 valence electrons. The van der Waals surface area contributed by atoms with E-state index >= 15 is 0 Å². The maximum Gasteiger partial charge on any atom is 0.0539 e. The first kappa shape index (κ1) is 16.4. The van der Waals surface area contributed by atoms with Gasteiger partial charge in [-0.15, -0.1) is 0 Å². The van der Waals surface area contributed by atoms with Crippen LogP contribution in [-0.2, 0) is 0 Å². The first-order chi connectivity index (χ1) is 11.3. The van der Waals surface area contributed by atoms with Crippen molar-refractivity contribution < 1.29 is 0 Å². The summed E-state index contributed by atoms with van der Waals surface area (Å²) in [6.45, 7) is 0. The van der Waals surface area contributed by atoms with Gasteiger partial charge in [0.2, 0.25) is 0 Å². The van der Waals surface area contributed by atoms with E-state index in [1.807, 2.05) is 98.0 Å². The molecule has 0 aliphatic rings. The highest BCUT2D eigenvalue weighted by Gasteiger charge is 1.89. The van der Waals surface area contributed by atoms with Crippen molar-refractivity contribution in [2.24, 2.45) is 5.84 Å². The molecule has 0 amide bonds. The van der Waals surface area contributed by atoms with E-state index in [1.54, 1.807) is 5.01 Å². The summed E-state index contributed by atoms with van der Waals surface area (Å²) in [5, 5.41) is 1.58. The Hall–Kier alpha value is -2.98. The Morgan fingerprint density at radius 2 is 0.957 bits per heavy atom. The molecule has 0 saturated carbocycles. The lowest BCUT2D eigenvalue weighted by Crippen LogP contribution is -2.24. The number of nitrogens with one attached hydrogen (secondary N) is 2. The van der Waals surface area contributed by atoms with Crippen LogP contribution < -0.4 is 21.7 Å². The van der Waals surface area contributed by atoms with Crippen molar-refractivity contribution in [3.63, 3.8) is 0 Å². The van der Waals surface area contributed by atoms with Crippen molar-refractivity contribution in [2.75, 3.05) is 22.9 Å². The Bertz CT molecular complexity index is 615. The first-order valence-corrected chi connectivity index (χ1v) is 7.41. The molecule has 0 bridgehead atoms. The van der Waals surface area contributed by atoms with Crippen LogP contribution in [0.2, 0.25) is 0 Å². The van der Waals surface area contributed by atoms with Gasteiger partial charge in [-0.2, -0.15) is 0 Å². The highest BCUT2D eigenvalue weighted by molar-refractivity contribution is 5.51. The van der Waals surface area contributed by atoms with Crippen molar-refractivity contribution in [3.05, 3.63) is 91.0 Å². The minimum Gasteiger partial charge on any atom is -0.314 e. The van der Waals surface area contributed by atoms with Crippen molar-refractivity contribution >= 4 is 17.1 Å². The molecule has 0 aliphatic carbocycles. The predicted octanol–water partition coefficient (Wildman–Crippen LogP) is 4.12. The van der Waals surface area contributed by atoms with Crippen LogP contribution in [0.4, 0.5) is 17.1 Å². The molecule has 0 fully saturated rings. The molecular weight excluding hydrogens is 284 g/mol. The Balaban J connectivity index is 0.000000185. The second-order valence-electron chi connectivity index (χ2n) is 4.93. The topological polar surface area (TPSA) is 53.3 Å². The molecule has 3 rings (SSSR count). The first-order valence-electron chi connectivity index (χ1n) is 7.41.